The van der Waals surface area contributed by atoms with Crippen molar-refractivity contribution >= 4 is 0 Å². The Balaban J connectivity index is 0.00000256. The van der Waals surface area contributed by atoms with Crippen LogP contribution in [0.1, 0.15) is 71.6 Å². The van der Waals surface area contributed by atoms with E-state index in [2.05, 4.69) is 13.8 Å². The Bertz CT molecular complexity index is 161. The number of hydrogen-bond acceptors (Lipinski definition) is 0. The van der Waals surface area contributed by atoms with Crippen molar-refractivity contribution in [2.24, 2.45) is 5.92 Å². The molecule has 1 nitrogen and oxygen atoms in total. The third-order valence-electron chi connectivity index (χ3n) is 4.08. The minimum atomic E-state index is 0. The zero-order valence-electron chi connectivity index (χ0n) is 11.9. The molecule has 1 saturated heterocycles. The molecule has 0 aromatic carbocycles. The van der Waals surface area contributed by atoms with Crippen LogP contribution in [-0.4, -0.2) is 19.6 Å². The Kier molecular flexibility index (Phi) is 10.9. The molecule has 17 heavy (non-hydrogen) atoms. The van der Waals surface area contributed by atoms with Crippen LogP contribution in [0.15, 0.2) is 0 Å². The molecule has 1 aliphatic heterocycles. The van der Waals surface area contributed by atoms with Crippen molar-refractivity contribution in [1.29, 1.82) is 0 Å². The number of nitrogens with one attached hydrogen (secondary N) is 1. The van der Waals surface area contributed by atoms with Gasteiger partial charge in [0.25, 0.3) is 0 Å². The van der Waals surface area contributed by atoms with Crippen molar-refractivity contribution in [3.8, 4) is 0 Å². The maximum atomic E-state index is 2.31. The van der Waals surface area contributed by atoms with Crippen LogP contribution in [0, 0.1) is 5.92 Å². The van der Waals surface area contributed by atoms with Crippen LogP contribution in [0.4, 0.5) is 0 Å². The molecular formula is C15H32FN. The number of halogens is 1. The van der Waals surface area contributed by atoms with E-state index in [-0.39, 0.29) is 4.70 Å². The number of unbranched alkanes of at least 4 members (excludes halogenated alkanes) is 5. The lowest BCUT2D eigenvalue weighted by atomic mass is 10.0. The molecule has 0 bridgehead atoms. The predicted octanol–water partition coefficient (Wildman–Crippen LogP) is 0.0558. The fourth-order valence-electron chi connectivity index (χ4n) is 2.97. The first-order valence-electron chi connectivity index (χ1n) is 7.70. The third kappa shape index (κ3) is 7.75. The molecular weight excluding hydrogens is 213 g/mol. The summed E-state index contributed by atoms with van der Waals surface area (Å²) in [6, 6.07) is 0. The monoisotopic (exact) mass is 245 g/mol. The normalized spacial score (nSPS) is 23.6. The molecule has 0 spiro atoms. The van der Waals surface area contributed by atoms with E-state index in [1.165, 1.54) is 77.4 Å². The van der Waals surface area contributed by atoms with E-state index in [1.807, 2.05) is 4.90 Å². The summed E-state index contributed by atoms with van der Waals surface area (Å²) >= 11 is 0. The number of likely N-dealkylation sites (tertiary alicyclic amines) is 1. The van der Waals surface area contributed by atoms with E-state index in [4.69, 9.17) is 0 Å². The lowest BCUT2D eigenvalue weighted by molar-refractivity contribution is -0.889. The summed E-state index contributed by atoms with van der Waals surface area (Å²) in [4.78, 5) is 1.90. The molecule has 1 N–H and O–H groups in total. The van der Waals surface area contributed by atoms with Crippen molar-refractivity contribution in [1.82, 2.24) is 0 Å². The van der Waals surface area contributed by atoms with Gasteiger partial charge in [0.2, 0.25) is 0 Å². The Hall–Kier alpha value is -0.110. The van der Waals surface area contributed by atoms with Crippen LogP contribution in [-0.2, 0) is 0 Å². The highest BCUT2D eigenvalue weighted by atomic mass is 19.0. The van der Waals surface area contributed by atoms with Gasteiger partial charge in [0.05, 0.1) is 19.6 Å². The molecule has 2 unspecified atom stereocenters. The average molecular weight is 245 g/mol. The van der Waals surface area contributed by atoms with E-state index >= 15 is 0 Å². The summed E-state index contributed by atoms with van der Waals surface area (Å²) in [5, 5.41) is 0. The van der Waals surface area contributed by atoms with Gasteiger partial charge in [-0.25, -0.2) is 0 Å². The quantitative estimate of drug-likeness (QED) is 0.548. The Labute approximate surface area is 107 Å². The van der Waals surface area contributed by atoms with Gasteiger partial charge < -0.3 is 9.60 Å². The molecule has 1 aliphatic rings. The maximum absolute atomic E-state index is 2.31. The van der Waals surface area contributed by atoms with Gasteiger partial charge in [-0.15, -0.1) is 0 Å². The highest BCUT2D eigenvalue weighted by Gasteiger charge is 2.24. The topological polar surface area (TPSA) is 4.44 Å². The van der Waals surface area contributed by atoms with Gasteiger partial charge in [0, 0.05) is 12.3 Å². The minimum absolute atomic E-state index is 0. The van der Waals surface area contributed by atoms with Gasteiger partial charge in [-0.1, -0.05) is 46.0 Å². The molecule has 0 radical (unpaired) electrons. The average Bonchev–Trinajstić information content (AvgIpc) is 2.74. The molecule has 1 rings (SSSR count). The van der Waals surface area contributed by atoms with Gasteiger partial charge in [-0.3, -0.25) is 0 Å². The summed E-state index contributed by atoms with van der Waals surface area (Å²) < 4.78 is 0. The highest BCUT2D eigenvalue weighted by Crippen LogP contribution is 2.13. The molecule has 0 aromatic rings. The third-order valence-corrected chi connectivity index (χ3v) is 4.08. The zero-order valence-corrected chi connectivity index (χ0v) is 11.9. The summed E-state index contributed by atoms with van der Waals surface area (Å²) in [6.07, 6.45) is 13.0. The van der Waals surface area contributed by atoms with E-state index in [1.54, 1.807) is 0 Å². The number of rotatable bonds is 9. The molecule has 0 saturated carbocycles. The summed E-state index contributed by atoms with van der Waals surface area (Å²) in [7, 11) is 0. The maximum Gasteiger partial charge on any atom is 0.0801 e. The lowest BCUT2D eigenvalue weighted by Gasteiger charge is -2.13. The fraction of sp³-hybridized carbons (Fsp3) is 1.00. The van der Waals surface area contributed by atoms with E-state index in [0.29, 0.717) is 0 Å². The number of hydrogen-bond donors (Lipinski definition) is 1. The first kappa shape index (κ1) is 16.9. The van der Waals surface area contributed by atoms with Crippen molar-refractivity contribution in [2.45, 2.75) is 71.6 Å². The van der Waals surface area contributed by atoms with Crippen LogP contribution in [0.25, 0.3) is 0 Å². The Morgan fingerprint density at radius 3 is 2.35 bits per heavy atom. The molecule has 1 heterocycles. The zero-order chi connectivity index (χ0) is 11.6. The van der Waals surface area contributed by atoms with Crippen molar-refractivity contribution in [3.63, 3.8) is 0 Å². The van der Waals surface area contributed by atoms with E-state index in [9.17, 15) is 0 Å². The molecule has 1 fully saturated rings. The SMILES string of the molecule is CCCCCCC[NH+]1CCC(CCCC)C1.[F-]. The Morgan fingerprint density at radius 1 is 0.941 bits per heavy atom. The molecule has 0 aliphatic carbocycles. The first-order chi connectivity index (χ1) is 7.86. The smallest absolute Gasteiger partial charge is 0.0801 e. The van der Waals surface area contributed by atoms with Gasteiger partial charge in [0.15, 0.2) is 0 Å². The molecule has 0 aromatic heterocycles. The standard InChI is InChI=1S/C15H31N.FH/c1-3-5-7-8-9-12-16-13-11-15(14-16)10-6-4-2;/h15H,3-14H2,1-2H3;1H. The molecule has 2 heteroatoms. The van der Waals surface area contributed by atoms with E-state index in [0.717, 1.165) is 5.92 Å². The van der Waals surface area contributed by atoms with Gasteiger partial charge in [-0.2, -0.15) is 0 Å². The van der Waals surface area contributed by atoms with Crippen LogP contribution in [0.3, 0.4) is 0 Å². The largest absolute Gasteiger partial charge is 1.00 e. The first-order valence-corrected chi connectivity index (χ1v) is 7.70. The van der Waals surface area contributed by atoms with Crippen molar-refractivity contribution < 1.29 is 9.60 Å². The molecule has 0 amide bonds. The van der Waals surface area contributed by atoms with Crippen molar-refractivity contribution in [2.75, 3.05) is 19.6 Å². The minimum Gasteiger partial charge on any atom is -1.00 e. The van der Waals surface area contributed by atoms with Gasteiger partial charge >= 0.3 is 0 Å². The number of quaternary nitrogens is 1. The molecule has 104 valence electrons. The van der Waals surface area contributed by atoms with Gasteiger partial charge in [0.1, 0.15) is 0 Å². The van der Waals surface area contributed by atoms with Crippen LogP contribution < -0.4 is 9.60 Å². The predicted molar refractivity (Wildman–Crippen MR) is 72.0 cm³/mol. The lowest BCUT2D eigenvalue weighted by Crippen LogP contribution is -3.10. The van der Waals surface area contributed by atoms with Crippen LogP contribution in [0.5, 0.6) is 0 Å². The summed E-state index contributed by atoms with van der Waals surface area (Å²) in [5.41, 5.74) is 0. The van der Waals surface area contributed by atoms with Crippen LogP contribution in [0.2, 0.25) is 0 Å². The van der Waals surface area contributed by atoms with E-state index < -0.39 is 0 Å². The van der Waals surface area contributed by atoms with Crippen LogP contribution >= 0.6 is 0 Å². The van der Waals surface area contributed by atoms with Crippen molar-refractivity contribution in [3.05, 3.63) is 0 Å². The second kappa shape index (κ2) is 11.0. The second-order valence-corrected chi connectivity index (χ2v) is 5.67. The summed E-state index contributed by atoms with van der Waals surface area (Å²) in [6.45, 7) is 9.00. The molecule has 2 atom stereocenters. The van der Waals surface area contributed by atoms with Gasteiger partial charge in [-0.05, 0) is 19.3 Å². The fourth-order valence-corrected chi connectivity index (χ4v) is 2.97. The Morgan fingerprint density at radius 2 is 1.65 bits per heavy atom. The highest BCUT2D eigenvalue weighted by molar-refractivity contribution is 4.62. The summed E-state index contributed by atoms with van der Waals surface area (Å²) in [5.74, 6) is 1.06. The second-order valence-electron chi connectivity index (χ2n) is 5.67.